The molecule has 3 heterocycles. The first kappa shape index (κ1) is 19.9. The van der Waals surface area contributed by atoms with E-state index in [1.165, 1.54) is 10.7 Å². The Bertz CT molecular complexity index is 1270. The van der Waals surface area contributed by atoms with E-state index in [0.29, 0.717) is 40.5 Å². The van der Waals surface area contributed by atoms with Crippen LogP contribution in [0.1, 0.15) is 30.3 Å². The van der Waals surface area contributed by atoms with Crippen LogP contribution in [0.25, 0.3) is 22.6 Å². The minimum Gasteiger partial charge on any atom is -0.332 e. The van der Waals surface area contributed by atoms with E-state index in [1.807, 2.05) is 6.92 Å². The van der Waals surface area contributed by atoms with Crippen molar-refractivity contribution in [3.8, 4) is 11.4 Å². The predicted octanol–water partition coefficient (Wildman–Crippen LogP) is 3.77. The molecule has 0 spiro atoms. The molecule has 0 saturated carbocycles. The van der Waals surface area contributed by atoms with Gasteiger partial charge < -0.3 is 4.98 Å². The van der Waals surface area contributed by atoms with Crippen LogP contribution < -0.4 is 5.56 Å². The van der Waals surface area contributed by atoms with Gasteiger partial charge in [-0.15, -0.1) is 0 Å². The van der Waals surface area contributed by atoms with Crippen molar-refractivity contribution in [2.24, 2.45) is 0 Å². The highest BCUT2D eigenvalue weighted by atomic mass is 19.4. The fourth-order valence-electron chi connectivity index (χ4n) is 3.32. The zero-order valence-electron chi connectivity index (χ0n) is 16.4. The summed E-state index contributed by atoms with van der Waals surface area (Å²) in [7, 11) is 0. The molecule has 0 saturated heterocycles. The Morgan fingerprint density at radius 1 is 1.20 bits per heavy atom. The van der Waals surface area contributed by atoms with Crippen molar-refractivity contribution in [1.29, 1.82) is 0 Å². The first-order chi connectivity index (χ1) is 14.3. The van der Waals surface area contributed by atoms with Gasteiger partial charge in [-0.1, -0.05) is 19.1 Å². The van der Waals surface area contributed by atoms with Crippen molar-refractivity contribution in [2.45, 2.75) is 39.5 Å². The van der Waals surface area contributed by atoms with Crippen LogP contribution in [0.5, 0.6) is 0 Å². The number of hydrogen-bond acceptors (Lipinski definition) is 4. The van der Waals surface area contributed by atoms with E-state index in [1.54, 1.807) is 30.0 Å². The van der Waals surface area contributed by atoms with Gasteiger partial charge in [-0.25, -0.2) is 9.97 Å². The second kappa shape index (κ2) is 7.43. The zero-order valence-corrected chi connectivity index (χ0v) is 16.4. The molecule has 156 valence electrons. The number of imidazole rings is 1. The maximum Gasteiger partial charge on any atom is 0.416 e. The maximum absolute atomic E-state index is 12.9. The lowest BCUT2D eigenvalue weighted by Gasteiger charge is -2.08. The molecule has 7 nitrogen and oxygen atoms in total. The normalized spacial score (nSPS) is 12.0. The van der Waals surface area contributed by atoms with Crippen LogP contribution in [0, 0.1) is 6.92 Å². The lowest BCUT2D eigenvalue weighted by Crippen LogP contribution is -2.23. The van der Waals surface area contributed by atoms with Gasteiger partial charge in [0.1, 0.15) is 11.6 Å². The third-order valence-corrected chi connectivity index (χ3v) is 4.75. The molecule has 1 aromatic carbocycles. The summed E-state index contributed by atoms with van der Waals surface area (Å²) < 4.78 is 41.8. The molecule has 10 heteroatoms. The van der Waals surface area contributed by atoms with Crippen molar-refractivity contribution in [3.63, 3.8) is 0 Å². The Morgan fingerprint density at radius 3 is 2.73 bits per heavy atom. The van der Waals surface area contributed by atoms with E-state index in [-0.39, 0.29) is 12.1 Å². The molecule has 0 fully saturated rings. The number of rotatable bonds is 5. The minimum absolute atomic E-state index is 0.171. The van der Waals surface area contributed by atoms with Crippen molar-refractivity contribution >= 4 is 11.2 Å². The molecule has 0 aliphatic carbocycles. The second-order valence-electron chi connectivity index (χ2n) is 7.02. The molecule has 0 unspecified atom stereocenters. The molecule has 0 atom stereocenters. The summed E-state index contributed by atoms with van der Waals surface area (Å²) in [5.41, 5.74) is 0.840. The number of fused-ring (bicyclic) bond motifs is 1. The van der Waals surface area contributed by atoms with Crippen LogP contribution in [0.4, 0.5) is 13.2 Å². The monoisotopic (exact) mass is 416 g/mol. The number of aromatic nitrogens is 6. The highest BCUT2D eigenvalue weighted by Crippen LogP contribution is 2.29. The second-order valence-corrected chi connectivity index (χ2v) is 7.02. The number of nitrogens with zero attached hydrogens (tertiary/aromatic N) is 5. The average molecular weight is 416 g/mol. The van der Waals surface area contributed by atoms with Gasteiger partial charge in [0.25, 0.3) is 5.56 Å². The number of H-pyrrole nitrogens is 1. The number of aromatic amines is 1. The van der Waals surface area contributed by atoms with Gasteiger partial charge in [-0.2, -0.15) is 18.3 Å². The van der Waals surface area contributed by atoms with E-state index >= 15 is 0 Å². The Balaban J connectivity index is 1.64. The van der Waals surface area contributed by atoms with Gasteiger partial charge in [0.05, 0.1) is 23.9 Å². The highest BCUT2D eigenvalue weighted by molar-refractivity contribution is 5.74. The molecule has 0 bridgehead atoms. The minimum atomic E-state index is -4.39. The molecule has 4 rings (SSSR count). The van der Waals surface area contributed by atoms with Crippen molar-refractivity contribution in [2.75, 3.05) is 0 Å². The van der Waals surface area contributed by atoms with E-state index in [2.05, 4.69) is 20.1 Å². The Hall–Kier alpha value is -3.43. The number of nitrogens with one attached hydrogen (secondary N) is 1. The summed E-state index contributed by atoms with van der Waals surface area (Å²) >= 11 is 0. The summed E-state index contributed by atoms with van der Waals surface area (Å²) in [4.78, 5) is 24.5. The number of alkyl halides is 3. The molecule has 4 aromatic rings. The Labute approximate surface area is 169 Å². The molecule has 0 aliphatic heterocycles. The lowest BCUT2D eigenvalue weighted by molar-refractivity contribution is -0.137. The smallest absolute Gasteiger partial charge is 0.332 e. The summed E-state index contributed by atoms with van der Waals surface area (Å²) in [5, 5.41) is 4.21. The van der Waals surface area contributed by atoms with Crippen LogP contribution in [-0.4, -0.2) is 29.3 Å². The topological polar surface area (TPSA) is 81.4 Å². The van der Waals surface area contributed by atoms with Gasteiger partial charge in [0.15, 0.2) is 11.2 Å². The van der Waals surface area contributed by atoms with Crippen LogP contribution in [-0.2, 0) is 19.3 Å². The van der Waals surface area contributed by atoms with E-state index < -0.39 is 11.7 Å². The number of halogens is 3. The van der Waals surface area contributed by atoms with E-state index in [4.69, 9.17) is 0 Å². The van der Waals surface area contributed by atoms with E-state index in [0.717, 1.165) is 18.6 Å². The molecule has 0 amide bonds. The van der Waals surface area contributed by atoms with Crippen LogP contribution >= 0.6 is 0 Å². The van der Waals surface area contributed by atoms with Crippen LogP contribution in [0.15, 0.2) is 41.5 Å². The molecule has 3 aromatic heterocycles. The molecule has 0 radical (unpaired) electrons. The number of aryl methyl sites for hydroxylation is 1. The molecule has 30 heavy (non-hydrogen) atoms. The van der Waals surface area contributed by atoms with Crippen molar-refractivity contribution in [1.82, 2.24) is 29.3 Å². The lowest BCUT2D eigenvalue weighted by atomic mass is 10.1. The largest absolute Gasteiger partial charge is 0.416 e. The molecule has 1 N–H and O–H groups in total. The number of hydrogen-bond donors (Lipinski definition) is 1. The van der Waals surface area contributed by atoms with E-state index in [9.17, 15) is 18.0 Å². The summed E-state index contributed by atoms with van der Waals surface area (Å²) in [6.07, 6.45) is -0.384. The average Bonchev–Trinajstić information content (AvgIpc) is 3.32. The van der Waals surface area contributed by atoms with Crippen LogP contribution in [0.2, 0.25) is 0 Å². The van der Waals surface area contributed by atoms with Crippen LogP contribution in [0.3, 0.4) is 0 Å². The predicted molar refractivity (Wildman–Crippen MR) is 105 cm³/mol. The van der Waals surface area contributed by atoms with Gasteiger partial charge in [-0.05, 0) is 31.0 Å². The zero-order chi connectivity index (χ0) is 21.5. The highest BCUT2D eigenvalue weighted by Gasteiger charge is 2.30. The third kappa shape index (κ3) is 3.72. The number of benzene rings is 1. The van der Waals surface area contributed by atoms with Crippen molar-refractivity contribution < 1.29 is 13.2 Å². The summed E-state index contributed by atoms with van der Waals surface area (Å²) in [5.74, 6) is 1.02. The Morgan fingerprint density at radius 2 is 2.00 bits per heavy atom. The maximum atomic E-state index is 12.9. The Kier molecular flexibility index (Phi) is 4.92. The third-order valence-electron chi connectivity index (χ3n) is 4.75. The molecular formula is C20H19F3N6O. The SMILES string of the molecule is CCCn1c(C)nc2nc(-c3cnn(Cc4cccc(C(F)(F)F)c4)c3)[nH]c2c1=O. The summed E-state index contributed by atoms with van der Waals surface area (Å²) in [6.45, 7) is 4.48. The standard InChI is InChI=1S/C20H19F3N6O/c1-3-7-29-12(2)25-18-16(19(29)30)26-17(27-18)14-9-24-28(11-14)10-13-5-4-6-15(8-13)20(21,22)23/h4-6,8-9,11H,3,7,10H2,1-2H3,(H,26,27). The van der Waals surface area contributed by atoms with Gasteiger partial charge >= 0.3 is 6.18 Å². The quantitative estimate of drug-likeness (QED) is 0.537. The molecule has 0 aliphatic rings. The van der Waals surface area contributed by atoms with Gasteiger partial charge in [-0.3, -0.25) is 14.0 Å². The molecular weight excluding hydrogens is 397 g/mol. The van der Waals surface area contributed by atoms with Gasteiger partial charge in [0, 0.05) is 12.7 Å². The van der Waals surface area contributed by atoms with Gasteiger partial charge in [0.2, 0.25) is 0 Å². The fourth-order valence-corrected chi connectivity index (χ4v) is 3.32. The fraction of sp³-hybridized carbons (Fsp3) is 0.300. The summed E-state index contributed by atoms with van der Waals surface area (Å²) in [6, 6.07) is 5.12. The first-order valence-corrected chi connectivity index (χ1v) is 9.42. The first-order valence-electron chi connectivity index (χ1n) is 9.42. The van der Waals surface area contributed by atoms with Crippen molar-refractivity contribution in [3.05, 3.63) is 64.0 Å².